The van der Waals surface area contributed by atoms with Crippen LogP contribution in [0.3, 0.4) is 0 Å². The van der Waals surface area contributed by atoms with Crippen molar-refractivity contribution in [1.82, 2.24) is 10.6 Å². The third kappa shape index (κ3) is 7.99. The Morgan fingerprint density at radius 3 is 2.30 bits per heavy atom. The maximum atomic E-state index is 11.6. The molecule has 6 heteroatoms. The van der Waals surface area contributed by atoms with Gasteiger partial charge in [-0.15, -0.1) is 0 Å². The fraction of sp³-hybridized carbons (Fsp3) is 0.857. The number of hydrogen-bond donors (Lipinski definition) is 4. The van der Waals surface area contributed by atoms with Crippen LogP contribution in [0.5, 0.6) is 0 Å². The van der Waals surface area contributed by atoms with Crippen LogP contribution in [0, 0.1) is 5.41 Å². The van der Waals surface area contributed by atoms with Crippen LogP contribution < -0.4 is 10.6 Å². The number of rotatable bonds is 9. The van der Waals surface area contributed by atoms with Gasteiger partial charge < -0.3 is 20.8 Å². The molecule has 0 saturated carbocycles. The highest BCUT2D eigenvalue weighted by Crippen LogP contribution is 2.22. The van der Waals surface area contributed by atoms with Crippen LogP contribution in [0.25, 0.3) is 0 Å². The van der Waals surface area contributed by atoms with Crippen LogP contribution in [0.2, 0.25) is 0 Å². The number of hydrogen-bond acceptors (Lipinski definition) is 3. The van der Waals surface area contributed by atoms with Gasteiger partial charge in [-0.2, -0.15) is 0 Å². The number of carbonyl (C=O) groups excluding carboxylic acids is 1. The first kappa shape index (κ1) is 18.7. The molecule has 4 N–H and O–H groups in total. The minimum atomic E-state index is -1.29. The molecule has 118 valence electrons. The lowest BCUT2D eigenvalue weighted by Crippen LogP contribution is -2.52. The maximum absolute atomic E-state index is 11.6. The molecule has 0 saturated heterocycles. The van der Waals surface area contributed by atoms with Gasteiger partial charge in [-0.25, -0.2) is 9.59 Å². The Kier molecular flexibility index (Phi) is 8.22. The van der Waals surface area contributed by atoms with E-state index in [1.54, 1.807) is 0 Å². The van der Waals surface area contributed by atoms with E-state index in [0.717, 1.165) is 19.3 Å². The van der Waals surface area contributed by atoms with Gasteiger partial charge in [0.15, 0.2) is 6.04 Å². The van der Waals surface area contributed by atoms with E-state index in [9.17, 15) is 14.7 Å². The number of carbonyl (C=O) groups is 2. The number of amides is 2. The molecule has 20 heavy (non-hydrogen) atoms. The van der Waals surface area contributed by atoms with Crippen LogP contribution in [-0.2, 0) is 4.79 Å². The molecule has 0 radical (unpaired) electrons. The minimum Gasteiger partial charge on any atom is -0.480 e. The molecule has 6 nitrogen and oxygen atoms in total. The number of nitrogens with one attached hydrogen (secondary N) is 2. The Bertz CT molecular complexity index is 316. The number of carboxylic acids is 1. The van der Waals surface area contributed by atoms with Crippen molar-refractivity contribution in [3.05, 3.63) is 0 Å². The van der Waals surface area contributed by atoms with Crippen molar-refractivity contribution in [2.45, 2.75) is 65.5 Å². The van der Waals surface area contributed by atoms with E-state index in [0.29, 0.717) is 6.54 Å². The topological polar surface area (TPSA) is 98.7 Å². The van der Waals surface area contributed by atoms with Crippen molar-refractivity contribution in [3.63, 3.8) is 0 Å². The van der Waals surface area contributed by atoms with Crippen molar-refractivity contribution in [2.75, 3.05) is 6.54 Å². The van der Waals surface area contributed by atoms with Crippen molar-refractivity contribution in [1.29, 1.82) is 0 Å². The van der Waals surface area contributed by atoms with Crippen LogP contribution in [-0.4, -0.2) is 40.9 Å². The van der Waals surface area contributed by atoms with Gasteiger partial charge in [-0.1, -0.05) is 40.0 Å². The van der Waals surface area contributed by atoms with Gasteiger partial charge in [0.05, 0.1) is 6.10 Å². The summed E-state index contributed by atoms with van der Waals surface area (Å²) in [7, 11) is 0. The lowest BCUT2D eigenvalue weighted by Gasteiger charge is -2.26. The van der Waals surface area contributed by atoms with Gasteiger partial charge in [0.25, 0.3) is 0 Å². The molecule has 0 bridgehead atoms. The minimum absolute atomic E-state index is 0.0317. The fourth-order valence-corrected chi connectivity index (χ4v) is 1.84. The van der Waals surface area contributed by atoms with E-state index in [1.807, 2.05) is 0 Å². The van der Waals surface area contributed by atoms with Crippen LogP contribution >= 0.6 is 0 Å². The highest BCUT2D eigenvalue weighted by Gasteiger charge is 2.25. The molecule has 0 fully saturated rings. The summed E-state index contributed by atoms with van der Waals surface area (Å²) in [5, 5.41) is 23.1. The molecular formula is C14H28N2O4. The first-order valence-electron chi connectivity index (χ1n) is 7.15. The van der Waals surface area contributed by atoms with E-state index in [2.05, 4.69) is 31.4 Å². The Hall–Kier alpha value is -1.30. The second kappa shape index (κ2) is 8.79. The molecule has 0 rings (SSSR count). The summed E-state index contributed by atoms with van der Waals surface area (Å²) in [4.78, 5) is 22.5. The van der Waals surface area contributed by atoms with E-state index < -0.39 is 24.1 Å². The molecule has 2 atom stereocenters. The van der Waals surface area contributed by atoms with Crippen LogP contribution in [0.1, 0.15) is 53.4 Å². The molecule has 0 aromatic rings. The van der Waals surface area contributed by atoms with Gasteiger partial charge in [0.2, 0.25) is 0 Å². The quantitative estimate of drug-likeness (QED) is 0.485. The Labute approximate surface area is 120 Å². The number of aliphatic carboxylic acids is 1. The van der Waals surface area contributed by atoms with Crippen molar-refractivity contribution in [3.8, 4) is 0 Å². The second-order valence-electron chi connectivity index (χ2n) is 6.00. The normalized spacial score (nSPS) is 14.4. The van der Waals surface area contributed by atoms with Crippen molar-refractivity contribution < 1.29 is 19.8 Å². The highest BCUT2D eigenvalue weighted by atomic mass is 16.4. The maximum Gasteiger partial charge on any atom is 0.328 e. The summed E-state index contributed by atoms with van der Waals surface area (Å²) in [5.41, 5.74) is -0.0317. The average Bonchev–Trinajstić information content (AvgIpc) is 2.33. The SMILES string of the molecule is CCCCCC(C)(C)CNC(=O)N[C@H](C(=O)O)[C@@H](C)O. The number of aliphatic hydroxyl groups excluding tert-OH is 1. The van der Waals surface area contributed by atoms with Crippen molar-refractivity contribution >= 4 is 12.0 Å². The Balaban J connectivity index is 4.17. The standard InChI is InChI=1S/C14H28N2O4/c1-5-6-7-8-14(3,4)9-15-13(20)16-11(10(2)17)12(18)19/h10-11,17H,5-9H2,1-4H3,(H,18,19)(H2,15,16,20)/t10-,11+/m1/s1. The molecule has 0 aliphatic carbocycles. The van der Waals surface area contributed by atoms with Gasteiger partial charge in [-0.3, -0.25) is 0 Å². The lowest BCUT2D eigenvalue weighted by molar-refractivity contribution is -0.141. The van der Waals surface area contributed by atoms with Gasteiger partial charge >= 0.3 is 12.0 Å². The first-order valence-corrected chi connectivity index (χ1v) is 7.15. The molecule has 0 heterocycles. The number of urea groups is 1. The average molecular weight is 288 g/mol. The summed E-state index contributed by atoms with van der Waals surface area (Å²) in [6, 6.07) is -1.86. The predicted molar refractivity (Wildman–Crippen MR) is 77.6 cm³/mol. The monoisotopic (exact) mass is 288 g/mol. The van der Waals surface area contributed by atoms with Gasteiger partial charge in [0.1, 0.15) is 0 Å². The highest BCUT2D eigenvalue weighted by molar-refractivity contribution is 5.82. The third-order valence-corrected chi connectivity index (χ3v) is 3.22. The summed E-state index contributed by atoms with van der Waals surface area (Å²) in [6.45, 7) is 8.06. The molecule has 0 aromatic heterocycles. The molecule has 0 unspecified atom stereocenters. The van der Waals surface area contributed by atoms with E-state index in [1.165, 1.54) is 13.3 Å². The summed E-state index contributed by atoms with van der Waals surface area (Å²) in [5.74, 6) is -1.25. The zero-order valence-electron chi connectivity index (χ0n) is 12.9. The van der Waals surface area contributed by atoms with Crippen LogP contribution in [0.4, 0.5) is 4.79 Å². The van der Waals surface area contributed by atoms with Gasteiger partial charge in [-0.05, 0) is 18.8 Å². The lowest BCUT2D eigenvalue weighted by atomic mass is 9.87. The van der Waals surface area contributed by atoms with Gasteiger partial charge in [0, 0.05) is 6.54 Å². The molecule has 2 amide bonds. The number of carboxylic acid groups (broad SMARTS) is 1. The molecule has 0 spiro atoms. The van der Waals surface area contributed by atoms with Crippen molar-refractivity contribution in [2.24, 2.45) is 5.41 Å². The zero-order chi connectivity index (χ0) is 15.8. The Morgan fingerprint density at radius 1 is 1.25 bits per heavy atom. The summed E-state index contributed by atoms with van der Waals surface area (Å²) in [6.07, 6.45) is 3.28. The fourth-order valence-electron chi connectivity index (χ4n) is 1.84. The predicted octanol–water partition coefficient (Wildman–Crippen LogP) is 1.73. The van der Waals surface area contributed by atoms with Crippen LogP contribution in [0.15, 0.2) is 0 Å². The van der Waals surface area contributed by atoms with E-state index in [4.69, 9.17) is 5.11 Å². The largest absolute Gasteiger partial charge is 0.480 e. The second-order valence-corrected chi connectivity index (χ2v) is 6.00. The smallest absolute Gasteiger partial charge is 0.328 e. The summed E-state index contributed by atoms with van der Waals surface area (Å²) < 4.78 is 0. The molecular weight excluding hydrogens is 260 g/mol. The molecule has 0 aliphatic rings. The number of unbranched alkanes of at least 4 members (excludes halogenated alkanes) is 2. The van der Waals surface area contributed by atoms with E-state index >= 15 is 0 Å². The zero-order valence-corrected chi connectivity index (χ0v) is 12.9. The Morgan fingerprint density at radius 2 is 1.85 bits per heavy atom. The molecule has 0 aromatic carbocycles. The molecule has 0 aliphatic heterocycles. The number of aliphatic hydroxyl groups is 1. The van der Waals surface area contributed by atoms with E-state index in [-0.39, 0.29) is 5.41 Å². The first-order chi connectivity index (χ1) is 9.19. The third-order valence-electron chi connectivity index (χ3n) is 3.22. The summed E-state index contributed by atoms with van der Waals surface area (Å²) >= 11 is 0.